The molecule has 2 aromatic carbocycles. The second-order valence-electron chi connectivity index (χ2n) is 7.01. The van der Waals surface area contributed by atoms with Crippen molar-refractivity contribution in [2.24, 2.45) is 0 Å². The first-order valence-corrected chi connectivity index (χ1v) is 9.45. The van der Waals surface area contributed by atoms with E-state index in [4.69, 9.17) is 0 Å². The lowest BCUT2D eigenvalue weighted by Crippen LogP contribution is -2.23. The number of hydrogen-bond acceptors (Lipinski definition) is 2. The van der Waals surface area contributed by atoms with Gasteiger partial charge < -0.3 is 9.88 Å². The summed E-state index contributed by atoms with van der Waals surface area (Å²) >= 11 is 0. The molecule has 1 amide bonds. The van der Waals surface area contributed by atoms with Crippen LogP contribution in [0.2, 0.25) is 0 Å². The summed E-state index contributed by atoms with van der Waals surface area (Å²) in [5.41, 5.74) is 4.83. The smallest absolute Gasteiger partial charge is 0.253 e. The summed E-state index contributed by atoms with van der Waals surface area (Å²) < 4.78 is 2.13. The lowest BCUT2D eigenvalue weighted by Gasteiger charge is -2.10. The monoisotopic (exact) mass is 369 g/mol. The molecular formula is C24H23N3O. The summed E-state index contributed by atoms with van der Waals surface area (Å²) in [5.74, 6) is -0.0479. The number of hydrogen-bond donors (Lipinski definition) is 1. The van der Waals surface area contributed by atoms with E-state index in [-0.39, 0.29) is 5.91 Å². The molecule has 0 fully saturated rings. The number of rotatable bonds is 5. The molecule has 2 heterocycles. The zero-order chi connectivity index (χ0) is 19.5. The van der Waals surface area contributed by atoms with Gasteiger partial charge in [0.1, 0.15) is 0 Å². The van der Waals surface area contributed by atoms with Crippen LogP contribution >= 0.6 is 0 Å². The van der Waals surface area contributed by atoms with Gasteiger partial charge in [-0.3, -0.25) is 9.78 Å². The maximum absolute atomic E-state index is 12.9. The zero-order valence-electron chi connectivity index (χ0n) is 16.1. The standard InChI is InChI=1S/C24H23N3O/c1-17-14-23(18(2)27(17)16-21-11-5-6-13-25-21)24(28)26-15-20-10-7-9-19-8-3-4-12-22(19)20/h3-14H,15-16H2,1-2H3,(H,26,28). The molecule has 4 rings (SSSR count). The average Bonchev–Trinajstić information content (AvgIpc) is 3.01. The highest BCUT2D eigenvalue weighted by molar-refractivity contribution is 5.96. The summed E-state index contributed by atoms with van der Waals surface area (Å²) in [7, 11) is 0. The van der Waals surface area contributed by atoms with Crippen molar-refractivity contribution < 1.29 is 4.79 Å². The third kappa shape index (κ3) is 3.54. The van der Waals surface area contributed by atoms with Gasteiger partial charge in [0, 0.05) is 24.1 Å². The molecule has 4 heteroatoms. The van der Waals surface area contributed by atoms with E-state index < -0.39 is 0 Å². The van der Waals surface area contributed by atoms with Crippen molar-refractivity contribution in [3.63, 3.8) is 0 Å². The number of aromatic nitrogens is 2. The predicted octanol–water partition coefficient (Wildman–Crippen LogP) is 4.63. The molecule has 28 heavy (non-hydrogen) atoms. The molecule has 140 valence electrons. The molecule has 0 aliphatic carbocycles. The van der Waals surface area contributed by atoms with Gasteiger partial charge in [0.05, 0.1) is 17.8 Å². The van der Waals surface area contributed by atoms with Crippen LogP contribution < -0.4 is 5.32 Å². The number of benzene rings is 2. The molecule has 4 nitrogen and oxygen atoms in total. The summed E-state index contributed by atoms with van der Waals surface area (Å²) in [5, 5.41) is 5.44. The van der Waals surface area contributed by atoms with Crippen LogP contribution in [-0.2, 0) is 13.1 Å². The van der Waals surface area contributed by atoms with Crippen LogP contribution in [0.4, 0.5) is 0 Å². The molecular weight excluding hydrogens is 346 g/mol. The lowest BCUT2D eigenvalue weighted by atomic mass is 10.0. The molecule has 0 saturated heterocycles. The second-order valence-corrected chi connectivity index (χ2v) is 7.01. The van der Waals surface area contributed by atoms with Gasteiger partial charge in [-0.05, 0) is 48.4 Å². The van der Waals surface area contributed by atoms with Crippen LogP contribution in [-0.4, -0.2) is 15.5 Å². The van der Waals surface area contributed by atoms with Crippen molar-refractivity contribution in [2.75, 3.05) is 0 Å². The van der Waals surface area contributed by atoms with Crippen LogP contribution in [0.3, 0.4) is 0 Å². The highest BCUT2D eigenvalue weighted by Gasteiger charge is 2.16. The molecule has 2 aromatic heterocycles. The highest BCUT2D eigenvalue weighted by Crippen LogP contribution is 2.20. The summed E-state index contributed by atoms with van der Waals surface area (Å²) in [6, 6.07) is 22.3. The highest BCUT2D eigenvalue weighted by atomic mass is 16.1. The van der Waals surface area contributed by atoms with E-state index in [2.05, 4.69) is 39.1 Å². The van der Waals surface area contributed by atoms with Crippen LogP contribution in [0.1, 0.15) is 33.0 Å². The van der Waals surface area contributed by atoms with E-state index in [1.54, 1.807) is 6.20 Å². The Kier molecular flexibility index (Phi) is 4.94. The van der Waals surface area contributed by atoms with Crippen molar-refractivity contribution in [3.05, 3.63) is 101 Å². The van der Waals surface area contributed by atoms with Crippen molar-refractivity contribution in [2.45, 2.75) is 26.9 Å². The number of nitrogens with zero attached hydrogens (tertiary/aromatic N) is 2. The third-order valence-corrected chi connectivity index (χ3v) is 5.18. The van der Waals surface area contributed by atoms with Crippen LogP contribution in [0.25, 0.3) is 10.8 Å². The van der Waals surface area contributed by atoms with E-state index >= 15 is 0 Å². The fourth-order valence-corrected chi connectivity index (χ4v) is 3.65. The van der Waals surface area contributed by atoms with Gasteiger partial charge >= 0.3 is 0 Å². The van der Waals surface area contributed by atoms with Gasteiger partial charge in [-0.1, -0.05) is 48.5 Å². The topological polar surface area (TPSA) is 46.9 Å². The van der Waals surface area contributed by atoms with E-state index in [1.807, 2.05) is 56.3 Å². The molecule has 0 spiro atoms. The number of carbonyl (C=O) groups is 1. The van der Waals surface area contributed by atoms with Crippen LogP contribution in [0, 0.1) is 13.8 Å². The third-order valence-electron chi connectivity index (χ3n) is 5.18. The minimum Gasteiger partial charge on any atom is -0.348 e. The lowest BCUT2D eigenvalue weighted by molar-refractivity contribution is 0.0950. The number of fused-ring (bicyclic) bond motifs is 1. The Labute approximate surface area is 164 Å². The van der Waals surface area contributed by atoms with Crippen molar-refractivity contribution >= 4 is 16.7 Å². The molecule has 0 radical (unpaired) electrons. The molecule has 0 bridgehead atoms. The van der Waals surface area contributed by atoms with Gasteiger partial charge in [0.15, 0.2) is 0 Å². The Morgan fingerprint density at radius 3 is 2.61 bits per heavy atom. The quantitative estimate of drug-likeness (QED) is 0.557. The fraction of sp³-hybridized carbons (Fsp3) is 0.167. The molecule has 0 unspecified atom stereocenters. The Bertz CT molecular complexity index is 1120. The maximum Gasteiger partial charge on any atom is 0.253 e. The van der Waals surface area contributed by atoms with Gasteiger partial charge in [-0.2, -0.15) is 0 Å². The van der Waals surface area contributed by atoms with Gasteiger partial charge in [0.25, 0.3) is 5.91 Å². The summed E-state index contributed by atoms with van der Waals surface area (Å²) in [6.45, 7) is 5.18. The van der Waals surface area contributed by atoms with Crippen molar-refractivity contribution in [3.8, 4) is 0 Å². The summed E-state index contributed by atoms with van der Waals surface area (Å²) in [4.78, 5) is 17.2. The van der Waals surface area contributed by atoms with E-state index in [1.165, 1.54) is 10.8 Å². The first kappa shape index (κ1) is 18.0. The second kappa shape index (κ2) is 7.69. The molecule has 1 N–H and O–H groups in total. The molecule has 0 aliphatic heterocycles. The molecule has 0 atom stereocenters. The van der Waals surface area contributed by atoms with Crippen molar-refractivity contribution in [1.82, 2.24) is 14.9 Å². The summed E-state index contributed by atoms with van der Waals surface area (Å²) in [6.07, 6.45) is 1.79. The minimum absolute atomic E-state index is 0.0479. The average molecular weight is 369 g/mol. The van der Waals surface area contributed by atoms with Crippen LogP contribution in [0.5, 0.6) is 0 Å². The fourth-order valence-electron chi connectivity index (χ4n) is 3.65. The van der Waals surface area contributed by atoms with Gasteiger partial charge in [0.2, 0.25) is 0 Å². The minimum atomic E-state index is -0.0479. The normalized spacial score (nSPS) is 10.9. The van der Waals surface area contributed by atoms with Crippen LogP contribution in [0.15, 0.2) is 72.9 Å². The Morgan fingerprint density at radius 2 is 1.79 bits per heavy atom. The first-order valence-electron chi connectivity index (χ1n) is 9.45. The number of pyridine rings is 1. The number of aryl methyl sites for hydroxylation is 1. The van der Waals surface area contributed by atoms with Crippen molar-refractivity contribution in [1.29, 1.82) is 0 Å². The molecule has 4 aromatic rings. The van der Waals surface area contributed by atoms with Gasteiger partial charge in [-0.25, -0.2) is 0 Å². The van der Waals surface area contributed by atoms with E-state index in [9.17, 15) is 4.79 Å². The SMILES string of the molecule is Cc1cc(C(=O)NCc2cccc3ccccc23)c(C)n1Cc1ccccn1. The van der Waals surface area contributed by atoms with E-state index in [0.717, 1.165) is 22.6 Å². The number of carbonyl (C=O) groups excluding carboxylic acids is 1. The zero-order valence-corrected chi connectivity index (χ0v) is 16.1. The number of nitrogens with one attached hydrogen (secondary N) is 1. The van der Waals surface area contributed by atoms with Gasteiger partial charge in [-0.15, -0.1) is 0 Å². The molecule has 0 saturated carbocycles. The predicted molar refractivity (Wildman–Crippen MR) is 112 cm³/mol. The molecule has 0 aliphatic rings. The Morgan fingerprint density at radius 1 is 1.00 bits per heavy atom. The first-order chi connectivity index (χ1) is 13.6. The Hall–Kier alpha value is -3.40. The number of amides is 1. The largest absolute Gasteiger partial charge is 0.348 e. The van der Waals surface area contributed by atoms with E-state index in [0.29, 0.717) is 18.7 Å². The Balaban J connectivity index is 1.53. The maximum atomic E-state index is 12.9.